The molecule has 0 bridgehead atoms. The van der Waals surface area contributed by atoms with Crippen LogP contribution in [0.2, 0.25) is 0 Å². The van der Waals surface area contributed by atoms with Crippen LogP contribution in [0.4, 0.5) is 0 Å². The van der Waals surface area contributed by atoms with Gasteiger partial charge in [-0.05, 0) is 18.9 Å². The molecule has 62 valence electrons. The lowest BCUT2D eigenvalue weighted by atomic mass is 9.89. The quantitative estimate of drug-likeness (QED) is 0.451. The molecule has 2 atom stereocenters. The zero-order chi connectivity index (χ0) is 8.27. The van der Waals surface area contributed by atoms with Gasteiger partial charge in [0.2, 0.25) is 0 Å². The third kappa shape index (κ3) is 2.12. The van der Waals surface area contributed by atoms with Gasteiger partial charge in [0.15, 0.2) is 12.1 Å². The fourth-order valence-corrected chi connectivity index (χ4v) is 1.47. The first-order valence-electron chi connectivity index (χ1n) is 3.93. The molecule has 3 heteroatoms. The SMILES string of the molecule is CC1CNCC(C(=O)C=O)C1. The van der Waals surface area contributed by atoms with Crippen LogP contribution in [0, 0.1) is 11.8 Å². The van der Waals surface area contributed by atoms with E-state index in [1.165, 1.54) is 0 Å². The molecule has 2 unspecified atom stereocenters. The van der Waals surface area contributed by atoms with Gasteiger partial charge in [0.1, 0.15) is 0 Å². The van der Waals surface area contributed by atoms with Crippen LogP contribution < -0.4 is 5.32 Å². The van der Waals surface area contributed by atoms with Gasteiger partial charge < -0.3 is 5.32 Å². The molecule has 0 spiro atoms. The molecule has 1 saturated heterocycles. The monoisotopic (exact) mass is 155 g/mol. The molecule has 1 fully saturated rings. The Labute approximate surface area is 66.2 Å². The normalized spacial score (nSPS) is 31.4. The van der Waals surface area contributed by atoms with Gasteiger partial charge in [0, 0.05) is 12.5 Å². The van der Waals surface area contributed by atoms with Crippen LogP contribution in [0.5, 0.6) is 0 Å². The molecule has 0 aromatic carbocycles. The van der Waals surface area contributed by atoms with Crippen LogP contribution in [0.15, 0.2) is 0 Å². The van der Waals surface area contributed by atoms with E-state index in [1.54, 1.807) is 0 Å². The minimum absolute atomic E-state index is 0.0729. The molecule has 1 rings (SSSR count). The highest BCUT2D eigenvalue weighted by Crippen LogP contribution is 2.15. The van der Waals surface area contributed by atoms with Crippen molar-refractivity contribution < 1.29 is 9.59 Å². The number of hydrogen-bond acceptors (Lipinski definition) is 3. The fraction of sp³-hybridized carbons (Fsp3) is 0.750. The van der Waals surface area contributed by atoms with Crippen molar-refractivity contribution in [2.45, 2.75) is 13.3 Å². The maximum Gasteiger partial charge on any atom is 0.199 e. The number of rotatable bonds is 2. The van der Waals surface area contributed by atoms with Crippen molar-refractivity contribution >= 4 is 12.1 Å². The summed E-state index contributed by atoms with van der Waals surface area (Å²) in [6.45, 7) is 3.71. The molecular formula is C8H13NO2. The molecule has 1 N–H and O–H groups in total. The van der Waals surface area contributed by atoms with Crippen molar-refractivity contribution in [1.29, 1.82) is 0 Å². The van der Waals surface area contributed by atoms with E-state index < -0.39 is 0 Å². The van der Waals surface area contributed by atoms with Crippen LogP contribution in [0.3, 0.4) is 0 Å². The molecule has 3 nitrogen and oxygen atoms in total. The summed E-state index contributed by atoms with van der Waals surface area (Å²) in [6, 6.07) is 0. The zero-order valence-electron chi connectivity index (χ0n) is 6.67. The summed E-state index contributed by atoms with van der Waals surface area (Å²) in [7, 11) is 0. The largest absolute Gasteiger partial charge is 0.316 e. The lowest BCUT2D eigenvalue weighted by molar-refractivity contribution is -0.133. The lowest BCUT2D eigenvalue weighted by Gasteiger charge is -2.24. The highest BCUT2D eigenvalue weighted by atomic mass is 16.2. The number of carbonyl (C=O) groups is 2. The molecule has 0 amide bonds. The third-order valence-corrected chi connectivity index (χ3v) is 2.09. The lowest BCUT2D eigenvalue weighted by Crippen LogP contribution is -2.39. The summed E-state index contributed by atoms with van der Waals surface area (Å²) < 4.78 is 0. The van der Waals surface area contributed by atoms with Gasteiger partial charge in [-0.1, -0.05) is 6.92 Å². The standard InChI is InChI=1S/C8H13NO2/c1-6-2-7(4-9-3-6)8(11)5-10/h5-7,9H,2-4H2,1H3. The van der Waals surface area contributed by atoms with E-state index in [2.05, 4.69) is 12.2 Å². The van der Waals surface area contributed by atoms with E-state index in [1.807, 2.05) is 0 Å². The highest BCUT2D eigenvalue weighted by Gasteiger charge is 2.23. The molecule has 0 radical (unpaired) electrons. The first-order chi connectivity index (χ1) is 5.24. The second-order valence-corrected chi connectivity index (χ2v) is 3.22. The van der Waals surface area contributed by atoms with Crippen molar-refractivity contribution in [3.05, 3.63) is 0 Å². The topological polar surface area (TPSA) is 46.2 Å². The number of hydrogen-bond donors (Lipinski definition) is 1. The minimum atomic E-state index is -0.260. The summed E-state index contributed by atoms with van der Waals surface area (Å²) in [6.07, 6.45) is 1.29. The number of nitrogens with one attached hydrogen (secondary N) is 1. The zero-order valence-corrected chi connectivity index (χ0v) is 6.67. The van der Waals surface area contributed by atoms with Gasteiger partial charge in [-0.15, -0.1) is 0 Å². The summed E-state index contributed by atoms with van der Waals surface area (Å²) >= 11 is 0. The Hall–Kier alpha value is -0.700. The summed E-state index contributed by atoms with van der Waals surface area (Å²) in [4.78, 5) is 21.0. The third-order valence-electron chi connectivity index (χ3n) is 2.09. The predicted octanol–water partition coefficient (Wildman–Crippen LogP) is 0. The van der Waals surface area contributed by atoms with Crippen molar-refractivity contribution in [3.63, 3.8) is 0 Å². The first-order valence-corrected chi connectivity index (χ1v) is 3.93. The molecule has 0 aromatic rings. The van der Waals surface area contributed by atoms with Crippen LogP contribution in [0.25, 0.3) is 0 Å². The molecule has 1 aliphatic heterocycles. The number of piperidine rings is 1. The van der Waals surface area contributed by atoms with Crippen molar-refractivity contribution in [1.82, 2.24) is 5.32 Å². The fourth-order valence-electron chi connectivity index (χ4n) is 1.47. The molecule has 0 saturated carbocycles. The smallest absolute Gasteiger partial charge is 0.199 e. The van der Waals surface area contributed by atoms with Gasteiger partial charge in [0.25, 0.3) is 0 Å². The second kappa shape index (κ2) is 3.62. The van der Waals surface area contributed by atoms with E-state index in [0.29, 0.717) is 18.7 Å². The summed E-state index contributed by atoms with van der Waals surface area (Å²) in [5, 5.41) is 3.12. The average Bonchev–Trinajstić information content (AvgIpc) is 2.03. The van der Waals surface area contributed by atoms with E-state index in [9.17, 15) is 9.59 Å². The molecule has 11 heavy (non-hydrogen) atoms. The molecule has 1 aliphatic rings. The highest BCUT2D eigenvalue weighted by molar-refractivity contribution is 6.26. The Morgan fingerprint density at radius 2 is 2.27 bits per heavy atom. The Morgan fingerprint density at radius 3 is 2.82 bits per heavy atom. The van der Waals surface area contributed by atoms with Gasteiger partial charge in [-0.3, -0.25) is 9.59 Å². The molecule has 1 heterocycles. The van der Waals surface area contributed by atoms with Gasteiger partial charge in [0.05, 0.1) is 0 Å². The number of Topliss-reactive ketones (excluding diaryl/α,β-unsaturated/α-hetero) is 1. The Balaban J connectivity index is 2.45. The van der Waals surface area contributed by atoms with Crippen LogP contribution in [0.1, 0.15) is 13.3 Å². The van der Waals surface area contributed by atoms with Crippen LogP contribution in [-0.2, 0) is 9.59 Å². The number of ketones is 1. The summed E-state index contributed by atoms with van der Waals surface area (Å²) in [5.74, 6) is 0.179. The Kier molecular flexibility index (Phi) is 2.76. The maximum absolute atomic E-state index is 10.9. The van der Waals surface area contributed by atoms with Crippen LogP contribution in [-0.4, -0.2) is 25.2 Å². The van der Waals surface area contributed by atoms with E-state index >= 15 is 0 Å². The van der Waals surface area contributed by atoms with E-state index in [-0.39, 0.29) is 11.7 Å². The Morgan fingerprint density at radius 1 is 1.55 bits per heavy atom. The molecule has 0 aliphatic carbocycles. The maximum atomic E-state index is 10.9. The minimum Gasteiger partial charge on any atom is -0.316 e. The molecule has 0 aromatic heterocycles. The molecular weight excluding hydrogens is 142 g/mol. The van der Waals surface area contributed by atoms with Crippen molar-refractivity contribution in [2.24, 2.45) is 11.8 Å². The number of aldehydes is 1. The van der Waals surface area contributed by atoms with Crippen molar-refractivity contribution in [2.75, 3.05) is 13.1 Å². The second-order valence-electron chi connectivity index (χ2n) is 3.22. The number of carbonyl (C=O) groups excluding carboxylic acids is 2. The summed E-state index contributed by atoms with van der Waals surface area (Å²) in [5.41, 5.74) is 0. The van der Waals surface area contributed by atoms with E-state index in [0.717, 1.165) is 13.0 Å². The first kappa shape index (κ1) is 8.40. The van der Waals surface area contributed by atoms with Gasteiger partial charge >= 0.3 is 0 Å². The average molecular weight is 155 g/mol. The van der Waals surface area contributed by atoms with Gasteiger partial charge in [-0.2, -0.15) is 0 Å². The van der Waals surface area contributed by atoms with Crippen molar-refractivity contribution in [3.8, 4) is 0 Å². The predicted molar refractivity (Wildman–Crippen MR) is 41.2 cm³/mol. The Bertz CT molecular complexity index is 167. The van der Waals surface area contributed by atoms with Crippen LogP contribution >= 0.6 is 0 Å². The van der Waals surface area contributed by atoms with Gasteiger partial charge in [-0.25, -0.2) is 0 Å². The van der Waals surface area contributed by atoms with E-state index in [4.69, 9.17) is 0 Å².